The lowest BCUT2D eigenvalue weighted by Crippen LogP contribution is -2.51. The maximum absolute atomic E-state index is 8.79. The average molecular weight is 293 g/mol. The molecule has 0 saturated carbocycles. The number of nitriles is 1. The standard InChI is InChI=1S/C17H19N5/c1-14-12-21(13-15-5-3-2-4-6-15)7-8-22(14)17-11-19-16(9-18)10-20-17/h2-6,10-11,14H,7-8,12-13H2,1H3/t14-/m0/s1. The lowest BCUT2D eigenvalue weighted by atomic mass is 10.1. The predicted octanol–water partition coefficient (Wildman–Crippen LogP) is 2.06. The summed E-state index contributed by atoms with van der Waals surface area (Å²) in [4.78, 5) is 13.2. The first-order valence-corrected chi connectivity index (χ1v) is 7.51. The molecule has 1 atom stereocenters. The number of piperazine rings is 1. The summed E-state index contributed by atoms with van der Waals surface area (Å²) in [6.45, 7) is 6.11. The van der Waals surface area contributed by atoms with Crippen LogP contribution in [0.15, 0.2) is 42.7 Å². The van der Waals surface area contributed by atoms with Crippen LogP contribution >= 0.6 is 0 Å². The number of nitrogens with zero attached hydrogens (tertiary/aromatic N) is 5. The molecule has 1 saturated heterocycles. The van der Waals surface area contributed by atoms with Gasteiger partial charge in [0.05, 0.1) is 12.4 Å². The molecule has 112 valence electrons. The zero-order valence-corrected chi connectivity index (χ0v) is 12.7. The summed E-state index contributed by atoms with van der Waals surface area (Å²) in [7, 11) is 0. The van der Waals surface area contributed by atoms with E-state index in [9.17, 15) is 0 Å². The average Bonchev–Trinajstić information content (AvgIpc) is 2.56. The number of rotatable bonds is 3. The minimum atomic E-state index is 0.360. The number of hydrogen-bond donors (Lipinski definition) is 0. The van der Waals surface area contributed by atoms with E-state index in [1.807, 2.05) is 12.1 Å². The van der Waals surface area contributed by atoms with Crippen molar-refractivity contribution in [3.05, 3.63) is 54.0 Å². The molecule has 0 spiro atoms. The molecule has 22 heavy (non-hydrogen) atoms. The van der Waals surface area contributed by atoms with Gasteiger partial charge in [0, 0.05) is 32.2 Å². The van der Waals surface area contributed by atoms with Gasteiger partial charge in [-0.2, -0.15) is 5.26 Å². The van der Waals surface area contributed by atoms with Crippen molar-refractivity contribution in [2.75, 3.05) is 24.5 Å². The molecule has 5 heteroatoms. The third-order valence-corrected chi connectivity index (χ3v) is 4.01. The number of benzene rings is 1. The summed E-state index contributed by atoms with van der Waals surface area (Å²) in [6.07, 6.45) is 3.24. The van der Waals surface area contributed by atoms with Gasteiger partial charge in [-0.25, -0.2) is 9.97 Å². The smallest absolute Gasteiger partial charge is 0.158 e. The third-order valence-electron chi connectivity index (χ3n) is 4.01. The molecular formula is C17H19N5. The van der Waals surface area contributed by atoms with E-state index in [-0.39, 0.29) is 0 Å². The molecule has 0 amide bonds. The van der Waals surface area contributed by atoms with Crippen LogP contribution in [0.2, 0.25) is 0 Å². The highest BCUT2D eigenvalue weighted by atomic mass is 15.3. The second-order valence-corrected chi connectivity index (χ2v) is 5.63. The Kier molecular flexibility index (Phi) is 4.31. The molecule has 2 aromatic rings. The molecule has 0 N–H and O–H groups in total. The van der Waals surface area contributed by atoms with E-state index in [0.29, 0.717) is 11.7 Å². The van der Waals surface area contributed by atoms with Gasteiger partial charge >= 0.3 is 0 Å². The summed E-state index contributed by atoms with van der Waals surface area (Å²) in [5.74, 6) is 0.853. The van der Waals surface area contributed by atoms with Gasteiger partial charge in [0.2, 0.25) is 0 Å². The van der Waals surface area contributed by atoms with Crippen molar-refractivity contribution in [1.82, 2.24) is 14.9 Å². The molecule has 0 unspecified atom stereocenters. The minimum Gasteiger partial charge on any atom is -0.350 e. The van der Waals surface area contributed by atoms with Gasteiger partial charge in [-0.1, -0.05) is 30.3 Å². The SMILES string of the molecule is C[C@H]1CN(Cc2ccccc2)CCN1c1cnc(C#N)cn1. The first-order valence-electron chi connectivity index (χ1n) is 7.51. The largest absolute Gasteiger partial charge is 0.350 e. The predicted molar refractivity (Wildman–Crippen MR) is 85.3 cm³/mol. The highest BCUT2D eigenvalue weighted by molar-refractivity contribution is 5.39. The van der Waals surface area contributed by atoms with E-state index in [1.54, 1.807) is 12.4 Å². The van der Waals surface area contributed by atoms with E-state index < -0.39 is 0 Å². The van der Waals surface area contributed by atoms with Crippen LogP contribution in [0, 0.1) is 11.3 Å². The van der Waals surface area contributed by atoms with E-state index >= 15 is 0 Å². The van der Waals surface area contributed by atoms with Gasteiger partial charge in [-0.15, -0.1) is 0 Å². The van der Waals surface area contributed by atoms with E-state index in [1.165, 1.54) is 5.56 Å². The highest BCUT2D eigenvalue weighted by Crippen LogP contribution is 2.18. The van der Waals surface area contributed by atoms with Crippen LogP contribution in [0.1, 0.15) is 18.2 Å². The Labute approximate surface area is 130 Å². The lowest BCUT2D eigenvalue weighted by molar-refractivity contribution is 0.220. The molecule has 3 rings (SSSR count). The van der Waals surface area contributed by atoms with Crippen LogP contribution in [0.5, 0.6) is 0 Å². The Morgan fingerprint density at radius 3 is 2.64 bits per heavy atom. The van der Waals surface area contributed by atoms with Crippen molar-refractivity contribution in [1.29, 1.82) is 5.26 Å². The fourth-order valence-corrected chi connectivity index (χ4v) is 2.89. The quantitative estimate of drug-likeness (QED) is 0.867. The summed E-state index contributed by atoms with van der Waals surface area (Å²) in [5, 5.41) is 8.79. The number of hydrogen-bond acceptors (Lipinski definition) is 5. The summed E-state index contributed by atoms with van der Waals surface area (Å²) in [6, 6.07) is 12.9. The first-order chi connectivity index (χ1) is 10.8. The Balaban J connectivity index is 1.63. The molecular weight excluding hydrogens is 274 g/mol. The maximum atomic E-state index is 8.79. The zero-order chi connectivity index (χ0) is 15.4. The highest BCUT2D eigenvalue weighted by Gasteiger charge is 2.24. The van der Waals surface area contributed by atoms with Gasteiger partial charge in [-0.05, 0) is 12.5 Å². The van der Waals surface area contributed by atoms with Crippen LogP contribution < -0.4 is 4.90 Å². The molecule has 1 aliphatic rings. The molecule has 1 aromatic heterocycles. The molecule has 0 aliphatic carbocycles. The van der Waals surface area contributed by atoms with Crippen LogP contribution in [0.3, 0.4) is 0 Å². The van der Waals surface area contributed by atoms with E-state index in [0.717, 1.165) is 32.0 Å². The Bertz CT molecular complexity index is 647. The summed E-state index contributed by atoms with van der Waals surface area (Å²) in [5.41, 5.74) is 1.71. The van der Waals surface area contributed by atoms with Crippen molar-refractivity contribution in [3.63, 3.8) is 0 Å². The zero-order valence-electron chi connectivity index (χ0n) is 12.7. The molecule has 1 aliphatic heterocycles. The van der Waals surface area contributed by atoms with Gasteiger partial charge in [-0.3, -0.25) is 4.90 Å². The number of anilines is 1. The first kappa shape index (κ1) is 14.5. The number of aromatic nitrogens is 2. The topological polar surface area (TPSA) is 56.0 Å². The van der Waals surface area contributed by atoms with Crippen LogP contribution in [0.25, 0.3) is 0 Å². The Morgan fingerprint density at radius 1 is 1.18 bits per heavy atom. The van der Waals surface area contributed by atoms with E-state index in [4.69, 9.17) is 5.26 Å². The van der Waals surface area contributed by atoms with Crippen molar-refractivity contribution in [2.45, 2.75) is 19.5 Å². The fourth-order valence-electron chi connectivity index (χ4n) is 2.89. The monoisotopic (exact) mass is 293 g/mol. The molecule has 0 radical (unpaired) electrons. The van der Waals surface area contributed by atoms with Gasteiger partial charge < -0.3 is 4.90 Å². The lowest BCUT2D eigenvalue weighted by Gasteiger charge is -2.40. The molecule has 1 aromatic carbocycles. The minimum absolute atomic E-state index is 0.360. The Hall–Kier alpha value is -2.45. The molecule has 0 bridgehead atoms. The van der Waals surface area contributed by atoms with Crippen LogP contribution in [-0.4, -0.2) is 40.5 Å². The molecule has 5 nitrogen and oxygen atoms in total. The second-order valence-electron chi connectivity index (χ2n) is 5.63. The van der Waals surface area contributed by atoms with E-state index in [2.05, 4.69) is 51.0 Å². The Morgan fingerprint density at radius 2 is 2.00 bits per heavy atom. The fraction of sp³-hybridized carbons (Fsp3) is 0.353. The van der Waals surface area contributed by atoms with Crippen LogP contribution in [0.4, 0.5) is 5.82 Å². The van der Waals surface area contributed by atoms with Crippen molar-refractivity contribution >= 4 is 5.82 Å². The summed E-state index contributed by atoms with van der Waals surface area (Å²) < 4.78 is 0. The normalized spacial score (nSPS) is 18.9. The molecule has 2 heterocycles. The van der Waals surface area contributed by atoms with Gasteiger partial charge in [0.15, 0.2) is 5.69 Å². The third kappa shape index (κ3) is 3.23. The van der Waals surface area contributed by atoms with Gasteiger partial charge in [0.1, 0.15) is 11.9 Å². The second kappa shape index (κ2) is 6.54. The maximum Gasteiger partial charge on any atom is 0.158 e. The van der Waals surface area contributed by atoms with Crippen molar-refractivity contribution < 1.29 is 0 Å². The van der Waals surface area contributed by atoms with Gasteiger partial charge in [0.25, 0.3) is 0 Å². The van der Waals surface area contributed by atoms with Crippen molar-refractivity contribution in [2.24, 2.45) is 0 Å². The summed E-state index contributed by atoms with van der Waals surface area (Å²) >= 11 is 0. The van der Waals surface area contributed by atoms with Crippen molar-refractivity contribution in [3.8, 4) is 6.07 Å². The van der Waals surface area contributed by atoms with Crippen LogP contribution in [-0.2, 0) is 6.54 Å². The molecule has 1 fully saturated rings.